The molecule has 1 atom stereocenters. The van der Waals surface area contributed by atoms with Gasteiger partial charge >= 0.3 is 0 Å². The van der Waals surface area contributed by atoms with Crippen molar-refractivity contribution in [2.24, 2.45) is 17.1 Å². The Labute approximate surface area is 93.3 Å². The zero-order valence-corrected chi connectivity index (χ0v) is 10.6. The fourth-order valence-electron chi connectivity index (χ4n) is 2.09. The van der Waals surface area contributed by atoms with Crippen LogP contribution in [0.25, 0.3) is 0 Å². The minimum Gasteiger partial charge on any atom is -0.330 e. The van der Waals surface area contributed by atoms with Gasteiger partial charge in [0.05, 0.1) is 5.75 Å². The monoisotopic (exact) mass is 233 g/mol. The summed E-state index contributed by atoms with van der Waals surface area (Å²) in [6.45, 7) is 4.59. The maximum Gasteiger partial charge on any atom is 0.150 e. The highest BCUT2D eigenvalue weighted by Crippen LogP contribution is 2.47. The molecule has 0 aromatic rings. The molecule has 1 fully saturated rings. The molecule has 90 valence electrons. The molecular weight excluding hydrogens is 210 g/mol. The molecule has 1 rings (SSSR count). The molecule has 0 aliphatic heterocycles. The summed E-state index contributed by atoms with van der Waals surface area (Å²) in [6.07, 6.45) is 4.26. The minimum absolute atomic E-state index is 0.184. The summed E-state index contributed by atoms with van der Waals surface area (Å²) in [5, 5.41) is 0. The lowest BCUT2D eigenvalue weighted by atomic mass is 9.81. The van der Waals surface area contributed by atoms with Crippen LogP contribution in [0.3, 0.4) is 0 Å². The fourth-order valence-corrected chi connectivity index (χ4v) is 2.97. The van der Waals surface area contributed by atoms with Gasteiger partial charge in [0.25, 0.3) is 0 Å². The molecule has 0 heterocycles. The van der Waals surface area contributed by atoms with Crippen molar-refractivity contribution in [3.8, 4) is 0 Å². The van der Waals surface area contributed by atoms with Crippen LogP contribution in [-0.4, -0.2) is 26.5 Å². The molecule has 0 aromatic carbocycles. The topological polar surface area (TPSA) is 60.2 Å². The van der Waals surface area contributed by atoms with Crippen molar-refractivity contribution in [1.29, 1.82) is 0 Å². The van der Waals surface area contributed by atoms with Gasteiger partial charge in [0.2, 0.25) is 0 Å². The van der Waals surface area contributed by atoms with E-state index in [9.17, 15) is 8.42 Å². The summed E-state index contributed by atoms with van der Waals surface area (Å²) < 4.78 is 22.7. The molecule has 4 heteroatoms. The van der Waals surface area contributed by atoms with Gasteiger partial charge in [-0.3, -0.25) is 0 Å². The Morgan fingerprint density at radius 2 is 2.00 bits per heavy atom. The Balaban J connectivity index is 2.35. The van der Waals surface area contributed by atoms with Crippen LogP contribution in [0.4, 0.5) is 0 Å². The van der Waals surface area contributed by atoms with Crippen LogP contribution >= 0.6 is 0 Å². The summed E-state index contributed by atoms with van der Waals surface area (Å²) >= 11 is 0. The predicted molar refractivity (Wildman–Crippen MR) is 63.4 cm³/mol. The third kappa shape index (κ3) is 3.76. The van der Waals surface area contributed by atoms with E-state index >= 15 is 0 Å². The standard InChI is InChI=1S/C11H23NO2S/c1-3-15(13,14)8-4-7-11(2,9-12)10-5-6-10/h10H,3-9,12H2,1-2H3. The highest BCUT2D eigenvalue weighted by Gasteiger charge is 2.39. The molecule has 1 saturated carbocycles. The second-order valence-corrected chi connectivity index (χ2v) is 7.45. The average molecular weight is 233 g/mol. The van der Waals surface area contributed by atoms with Crippen molar-refractivity contribution in [3.63, 3.8) is 0 Å². The fraction of sp³-hybridized carbons (Fsp3) is 1.00. The van der Waals surface area contributed by atoms with Crippen molar-refractivity contribution in [3.05, 3.63) is 0 Å². The molecule has 1 aliphatic carbocycles. The summed E-state index contributed by atoms with van der Waals surface area (Å²) in [4.78, 5) is 0. The molecule has 2 N–H and O–H groups in total. The van der Waals surface area contributed by atoms with Crippen molar-refractivity contribution in [2.75, 3.05) is 18.1 Å². The van der Waals surface area contributed by atoms with Gasteiger partial charge in [-0.2, -0.15) is 0 Å². The average Bonchev–Trinajstić information content (AvgIpc) is 3.01. The van der Waals surface area contributed by atoms with E-state index in [2.05, 4.69) is 6.92 Å². The largest absolute Gasteiger partial charge is 0.330 e. The van der Waals surface area contributed by atoms with Gasteiger partial charge in [0.15, 0.2) is 0 Å². The van der Waals surface area contributed by atoms with Crippen molar-refractivity contribution in [1.82, 2.24) is 0 Å². The lowest BCUT2D eigenvalue weighted by Crippen LogP contribution is -2.30. The first-order valence-corrected chi connectivity index (χ1v) is 7.66. The van der Waals surface area contributed by atoms with Gasteiger partial charge in [-0.25, -0.2) is 8.42 Å². The van der Waals surface area contributed by atoms with E-state index in [0.29, 0.717) is 12.3 Å². The lowest BCUT2D eigenvalue weighted by Gasteiger charge is -2.27. The number of hydrogen-bond acceptors (Lipinski definition) is 3. The molecule has 15 heavy (non-hydrogen) atoms. The summed E-state index contributed by atoms with van der Waals surface area (Å²) in [5.41, 5.74) is 5.96. The normalized spacial score (nSPS) is 21.3. The highest BCUT2D eigenvalue weighted by atomic mass is 32.2. The summed E-state index contributed by atoms with van der Waals surface area (Å²) in [6, 6.07) is 0. The molecular formula is C11H23NO2S. The lowest BCUT2D eigenvalue weighted by molar-refractivity contribution is 0.258. The van der Waals surface area contributed by atoms with Gasteiger partial charge < -0.3 is 5.73 Å². The molecule has 0 saturated heterocycles. The van der Waals surface area contributed by atoms with Gasteiger partial charge in [-0.15, -0.1) is 0 Å². The molecule has 0 radical (unpaired) electrons. The SMILES string of the molecule is CCS(=O)(=O)CCCC(C)(CN)C1CC1. The van der Waals surface area contributed by atoms with Crippen LogP contribution in [0.1, 0.15) is 39.5 Å². The zero-order valence-electron chi connectivity index (χ0n) is 9.83. The Hall–Kier alpha value is -0.0900. The highest BCUT2D eigenvalue weighted by molar-refractivity contribution is 7.91. The van der Waals surface area contributed by atoms with Gasteiger partial charge in [0, 0.05) is 5.75 Å². The Morgan fingerprint density at radius 1 is 1.40 bits per heavy atom. The van der Waals surface area contributed by atoms with Gasteiger partial charge in [0.1, 0.15) is 9.84 Å². The number of nitrogens with two attached hydrogens (primary N) is 1. The smallest absolute Gasteiger partial charge is 0.150 e. The van der Waals surface area contributed by atoms with Crippen LogP contribution in [0.15, 0.2) is 0 Å². The van der Waals surface area contributed by atoms with E-state index in [0.717, 1.165) is 18.8 Å². The second kappa shape index (κ2) is 4.83. The summed E-state index contributed by atoms with van der Waals surface area (Å²) in [5.74, 6) is 1.33. The Kier molecular flexibility index (Phi) is 4.18. The van der Waals surface area contributed by atoms with E-state index in [4.69, 9.17) is 5.73 Å². The maximum atomic E-state index is 11.3. The van der Waals surface area contributed by atoms with Crippen LogP contribution in [-0.2, 0) is 9.84 Å². The predicted octanol–water partition coefficient (Wildman–Crippen LogP) is 1.58. The quantitative estimate of drug-likeness (QED) is 0.726. The third-order valence-electron chi connectivity index (χ3n) is 3.67. The molecule has 0 bridgehead atoms. The van der Waals surface area contributed by atoms with Crippen molar-refractivity contribution >= 4 is 9.84 Å². The Morgan fingerprint density at radius 3 is 2.40 bits per heavy atom. The first kappa shape index (κ1) is 13.0. The molecule has 0 amide bonds. The van der Waals surface area contributed by atoms with Gasteiger partial charge in [-0.1, -0.05) is 13.8 Å². The molecule has 1 aliphatic rings. The van der Waals surface area contributed by atoms with E-state index in [1.165, 1.54) is 12.8 Å². The molecule has 3 nitrogen and oxygen atoms in total. The van der Waals surface area contributed by atoms with E-state index < -0.39 is 9.84 Å². The number of sulfone groups is 1. The van der Waals surface area contributed by atoms with Crippen LogP contribution < -0.4 is 5.73 Å². The van der Waals surface area contributed by atoms with Crippen LogP contribution in [0.5, 0.6) is 0 Å². The Bertz CT molecular complexity index is 296. The third-order valence-corrected chi connectivity index (χ3v) is 5.46. The zero-order chi connectivity index (χ0) is 11.5. The van der Waals surface area contributed by atoms with Crippen molar-refractivity contribution in [2.45, 2.75) is 39.5 Å². The number of rotatable bonds is 7. The van der Waals surface area contributed by atoms with E-state index in [1.807, 2.05) is 0 Å². The first-order valence-electron chi connectivity index (χ1n) is 5.84. The molecule has 0 spiro atoms. The van der Waals surface area contributed by atoms with Crippen LogP contribution in [0.2, 0.25) is 0 Å². The minimum atomic E-state index is -2.80. The van der Waals surface area contributed by atoms with Gasteiger partial charge in [-0.05, 0) is 43.6 Å². The molecule has 0 aromatic heterocycles. The second-order valence-electron chi connectivity index (χ2n) is 4.97. The summed E-state index contributed by atoms with van der Waals surface area (Å²) in [7, 11) is -2.80. The number of hydrogen-bond donors (Lipinski definition) is 1. The molecule has 1 unspecified atom stereocenters. The van der Waals surface area contributed by atoms with E-state index in [1.54, 1.807) is 6.92 Å². The van der Waals surface area contributed by atoms with Crippen molar-refractivity contribution < 1.29 is 8.42 Å². The first-order chi connectivity index (χ1) is 6.93. The van der Waals surface area contributed by atoms with Crippen LogP contribution in [0, 0.1) is 11.3 Å². The van der Waals surface area contributed by atoms with E-state index in [-0.39, 0.29) is 11.2 Å². The maximum absolute atomic E-state index is 11.3.